The lowest BCUT2D eigenvalue weighted by Crippen LogP contribution is -2.25. The molecule has 0 aromatic carbocycles. The predicted molar refractivity (Wildman–Crippen MR) is 63.1 cm³/mol. The lowest BCUT2D eigenvalue weighted by molar-refractivity contribution is -0.136. The maximum Gasteiger partial charge on any atom is 0.389 e. The molecule has 0 saturated heterocycles. The number of hydrogen-bond acceptors (Lipinski definition) is 3. The first-order chi connectivity index (χ1) is 8.42. The number of halogens is 3. The Kier molecular flexibility index (Phi) is 5.53. The molecule has 1 unspecified atom stereocenters. The highest BCUT2D eigenvalue weighted by Crippen LogP contribution is 2.26. The summed E-state index contributed by atoms with van der Waals surface area (Å²) < 4.78 is 36.7. The number of nitrogens with one attached hydrogen (secondary N) is 1. The van der Waals surface area contributed by atoms with Crippen LogP contribution in [0, 0.1) is 6.92 Å². The second kappa shape index (κ2) is 6.68. The topological polar surface area (TPSA) is 37.8 Å². The molecule has 0 saturated carbocycles. The van der Waals surface area contributed by atoms with Gasteiger partial charge in [-0.15, -0.1) is 0 Å². The summed E-state index contributed by atoms with van der Waals surface area (Å²) in [4.78, 5) is 8.18. The Morgan fingerprint density at radius 2 is 1.89 bits per heavy atom. The van der Waals surface area contributed by atoms with E-state index >= 15 is 0 Å². The van der Waals surface area contributed by atoms with E-state index < -0.39 is 18.6 Å². The van der Waals surface area contributed by atoms with Crippen LogP contribution in [0.25, 0.3) is 0 Å². The third-order valence-electron chi connectivity index (χ3n) is 2.47. The Hall–Kier alpha value is -1.17. The molecule has 0 fully saturated rings. The second-order valence-electron chi connectivity index (χ2n) is 4.28. The van der Waals surface area contributed by atoms with E-state index in [0.717, 1.165) is 12.0 Å². The molecule has 1 aromatic heterocycles. The van der Waals surface area contributed by atoms with Gasteiger partial charge < -0.3 is 5.32 Å². The van der Waals surface area contributed by atoms with Crippen molar-refractivity contribution in [1.29, 1.82) is 0 Å². The summed E-state index contributed by atoms with van der Waals surface area (Å²) in [5.41, 5.74) is 0.892. The molecule has 0 aliphatic rings. The van der Waals surface area contributed by atoms with Gasteiger partial charge in [-0.1, -0.05) is 6.92 Å². The zero-order chi connectivity index (χ0) is 13.6. The number of alkyl halides is 3. The smallest absolute Gasteiger partial charge is 0.307 e. The molecule has 18 heavy (non-hydrogen) atoms. The van der Waals surface area contributed by atoms with Gasteiger partial charge in [0.05, 0.1) is 6.04 Å². The van der Waals surface area contributed by atoms with Gasteiger partial charge in [-0.25, -0.2) is 9.97 Å². The molecular formula is C12H18F3N3. The first kappa shape index (κ1) is 14.9. The van der Waals surface area contributed by atoms with Crippen molar-refractivity contribution in [2.75, 3.05) is 6.54 Å². The van der Waals surface area contributed by atoms with Crippen molar-refractivity contribution in [3.05, 3.63) is 23.8 Å². The van der Waals surface area contributed by atoms with Gasteiger partial charge >= 0.3 is 6.18 Å². The molecule has 1 atom stereocenters. The van der Waals surface area contributed by atoms with Gasteiger partial charge in [-0.05, 0) is 31.9 Å². The Morgan fingerprint density at radius 1 is 1.28 bits per heavy atom. The highest BCUT2D eigenvalue weighted by Gasteiger charge is 2.29. The second-order valence-corrected chi connectivity index (χ2v) is 4.28. The minimum Gasteiger partial charge on any atom is -0.307 e. The SMILES string of the molecule is CCCNC(CCC(F)(F)F)c1ncc(C)cn1. The Balaban J connectivity index is 2.68. The molecular weight excluding hydrogens is 243 g/mol. The van der Waals surface area contributed by atoms with Crippen molar-refractivity contribution in [3.8, 4) is 0 Å². The molecule has 0 bridgehead atoms. The Bertz CT molecular complexity index is 349. The van der Waals surface area contributed by atoms with Crippen LogP contribution in [0.5, 0.6) is 0 Å². The van der Waals surface area contributed by atoms with E-state index in [-0.39, 0.29) is 6.42 Å². The fourth-order valence-corrected chi connectivity index (χ4v) is 1.53. The first-order valence-corrected chi connectivity index (χ1v) is 6.01. The molecule has 1 N–H and O–H groups in total. The zero-order valence-electron chi connectivity index (χ0n) is 10.6. The Morgan fingerprint density at radius 3 is 2.39 bits per heavy atom. The third kappa shape index (κ3) is 5.44. The van der Waals surface area contributed by atoms with E-state index in [1.54, 1.807) is 12.4 Å². The molecule has 1 heterocycles. The van der Waals surface area contributed by atoms with Crippen LogP contribution >= 0.6 is 0 Å². The minimum atomic E-state index is -4.14. The largest absolute Gasteiger partial charge is 0.389 e. The summed E-state index contributed by atoms with van der Waals surface area (Å²) >= 11 is 0. The summed E-state index contributed by atoms with van der Waals surface area (Å²) in [6.45, 7) is 4.46. The van der Waals surface area contributed by atoms with Gasteiger partial charge in [-0.2, -0.15) is 13.2 Å². The number of hydrogen-bond donors (Lipinski definition) is 1. The lowest BCUT2D eigenvalue weighted by atomic mass is 10.1. The van der Waals surface area contributed by atoms with E-state index in [9.17, 15) is 13.2 Å². The van der Waals surface area contributed by atoms with Gasteiger partial charge in [0.1, 0.15) is 5.82 Å². The molecule has 0 spiro atoms. The van der Waals surface area contributed by atoms with Crippen LogP contribution < -0.4 is 5.32 Å². The van der Waals surface area contributed by atoms with Crippen LogP contribution in [0.1, 0.15) is 43.6 Å². The summed E-state index contributed by atoms with van der Waals surface area (Å²) in [5, 5.41) is 3.05. The molecule has 0 radical (unpaired) electrons. The van der Waals surface area contributed by atoms with Gasteiger partial charge in [0.25, 0.3) is 0 Å². The maximum absolute atomic E-state index is 12.2. The normalized spacial score (nSPS) is 13.6. The Labute approximate surface area is 105 Å². The zero-order valence-corrected chi connectivity index (χ0v) is 10.6. The van der Waals surface area contributed by atoms with E-state index in [4.69, 9.17) is 0 Å². The average Bonchev–Trinajstić information content (AvgIpc) is 2.29. The van der Waals surface area contributed by atoms with Gasteiger partial charge in [0, 0.05) is 18.8 Å². The van der Waals surface area contributed by atoms with Crippen LogP contribution in [0.2, 0.25) is 0 Å². The lowest BCUT2D eigenvalue weighted by Gasteiger charge is -2.18. The fourth-order valence-electron chi connectivity index (χ4n) is 1.53. The molecule has 0 amide bonds. The van der Waals surface area contributed by atoms with Crippen molar-refractivity contribution in [3.63, 3.8) is 0 Å². The van der Waals surface area contributed by atoms with E-state index in [0.29, 0.717) is 12.4 Å². The van der Waals surface area contributed by atoms with Crippen LogP contribution in [0.4, 0.5) is 13.2 Å². The van der Waals surface area contributed by atoms with Crippen LogP contribution in [-0.2, 0) is 0 Å². The number of nitrogens with zero attached hydrogens (tertiary/aromatic N) is 2. The van der Waals surface area contributed by atoms with Gasteiger partial charge in [-0.3, -0.25) is 0 Å². The summed E-state index contributed by atoms with van der Waals surface area (Å²) in [6, 6.07) is -0.438. The molecule has 102 valence electrons. The van der Waals surface area contributed by atoms with Crippen LogP contribution in [0.15, 0.2) is 12.4 Å². The molecule has 0 aliphatic carbocycles. The molecule has 0 aliphatic heterocycles. The van der Waals surface area contributed by atoms with Crippen molar-refractivity contribution >= 4 is 0 Å². The molecule has 1 aromatic rings. The third-order valence-corrected chi connectivity index (χ3v) is 2.47. The average molecular weight is 261 g/mol. The molecule has 3 nitrogen and oxygen atoms in total. The number of rotatable bonds is 6. The highest BCUT2D eigenvalue weighted by molar-refractivity contribution is 5.04. The molecule has 1 rings (SSSR count). The predicted octanol–water partition coefficient (Wildman–Crippen LogP) is 3.17. The minimum absolute atomic E-state index is 0.0352. The maximum atomic E-state index is 12.2. The van der Waals surface area contributed by atoms with Crippen LogP contribution in [0.3, 0.4) is 0 Å². The first-order valence-electron chi connectivity index (χ1n) is 6.01. The number of aromatic nitrogens is 2. The van der Waals surface area contributed by atoms with Crippen LogP contribution in [-0.4, -0.2) is 22.7 Å². The van der Waals surface area contributed by atoms with E-state index in [2.05, 4.69) is 15.3 Å². The summed E-state index contributed by atoms with van der Waals surface area (Å²) in [7, 11) is 0. The van der Waals surface area contributed by atoms with E-state index in [1.165, 1.54) is 0 Å². The van der Waals surface area contributed by atoms with Gasteiger partial charge in [0.2, 0.25) is 0 Å². The summed E-state index contributed by atoms with van der Waals surface area (Å²) in [6.07, 6.45) is -0.906. The monoisotopic (exact) mass is 261 g/mol. The summed E-state index contributed by atoms with van der Waals surface area (Å²) in [5.74, 6) is 0.429. The van der Waals surface area contributed by atoms with E-state index in [1.807, 2.05) is 13.8 Å². The van der Waals surface area contributed by atoms with Crippen molar-refractivity contribution in [1.82, 2.24) is 15.3 Å². The van der Waals surface area contributed by atoms with Crippen molar-refractivity contribution in [2.45, 2.75) is 45.3 Å². The standard InChI is InChI=1S/C12H18F3N3/c1-3-6-16-10(4-5-12(13,14)15)11-17-7-9(2)8-18-11/h7-8,10,16H,3-6H2,1-2H3. The fraction of sp³-hybridized carbons (Fsp3) is 0.667. The van der Waals surface area contributed by atoms with Crippen molar-refractivity contribution < 1.29 is 13.2 Å². The number of aryl methyl sites for hydroxylation is 1. The quantitative estimate of drug-likeness (QED) is 0.854. The van der Waals surface area contributed by atoms with Crippen molar-refractivity contribution in [2.24, 2.45) is 0 Å². The highest BCUT2D eigenvalue weighted by atomic mass is 19.4. The van der Waals surface area contributed by atoms with Gasteiger partial charge in [0.15, 0.2) is 0 Å². The molecule has 6 heteroatoms.